The van der Waals surface area contributed by atoms with Gasteiger partial charge in [-0.05, 0) is 53.9 Å². The van der Waals surface area contributed by atoms with Crippen LogP contribution in [0.1, 0.15) is 29.0 Å². The van der Waals surface area contributed by atoms with E-state index < -0.39 is 0 Å². The number of likely N-dealkylation sites (tertiary alicyclic amines) is 1. The van der Waals surface area contributed by atoms with E-state index in [9.17, 15) is 9.18 Å². The van der Waals surface area contributed by atoms with Crippen molar-refractivity contribution in [2.45, 2.75) is 25.9 Å². The second-order valence-corrected chi connectivity index (χ2v) is 7.22. The molecule has 130 valence electrons. The summed E-state index contributed by atoms with van der Waals surface area (Å²) >= 11 is 0. The summed E-state index contributed by atoms with van der Waals surface area (Å²) in [4.78, 5) is 14.2. The van der Waals surface area contributed by atoms with E-state index >= 15 is 0 Å². The quantitative estimate of drug-likeness (QED) is 0.824. The summed E-state index contributed by atoms with van der Waals surface area (Å²) in [5.74, 6) is 1.28. The summed E-state index contributed by atoms with van der Waals surface area (Å²) < 4.78 is 18.9. The van der Waals surface area contributed by atoms with Crippen LogP contribution in [0.4, 0.5) is 9.18 Å². The van der Waals surface area contributed by atoms with E-state index in [1.54, 1.807) is 13.0 Å². The fraction of sp³-hybridized carbons (Fsp3) is 0.381. The number of benzene rings is 2. The minimum absolute atomic E-state index is 0.155. The number of nitrogens with zero attached hydrogens (tertiary/aromatic N) is 1. The molecule has 0 radical (unpaired) electrons. The van der Waals surface area contributed by atoms with Gasteiger partial charge in [-0.25, -0.2) is 9.18 Å². The molecular weight excluding hydrogens is 317 g/mol. The van der Waals surface area contributed by atoms with E-state index in [0.717, 1.165) is 25.1 Å². The third-order valence-corrected chi connectivity index (χ3v) is 5.64. The first-order chi connectivity index (χ1) is 12.1. The molecule has 0 unspecified atom stereocenters. The molecule has 1 aliphatic carbocycles. The molecule has 0 bridgehead atoms. The van der Waals surface area contributed by atoms with Gasteiger partial charge in [-0.3, -0.25) is 0 Å². The van der Waals surface area contributed by atoms with Crippen LogP contribution in [0.3, 0.4) is 0 Å². The van der Waals surface area contributed by atoms with Crippen LogP contribution in [-0.2, 0) is 11.3 Å². The van der Waals surface area contributed by atoms with Crippen molar-refractivity contribution >= 4 is 6.09 Å². The monoisotopic (exact) mass is 339 g/mol. The SMILES string of the molecule is Cc1cc([C@H]2C[C@@H]3CN(C(=O)OCc4ccccc4)C[C@@H]32)ccc1F. The third kappa shape index (κ3) is 3.13. The number of aryl methyl sites for hydroxylation is 1. The first-order valence-electron chi connectivity index (χ1n) is 8.83. The summed E-state index contributed by atoms with van der Waals surface area (Å²) in [5.41, 5.74) is 2.88. The average Bonchev–Trinajstić information content (AvgIpc) is 2.94. The maximum absolute atomic E-state index is 13.5. The number of fused-ring (bicyclic) bond motifs is 1. The molecule has 2 fully saturated rings. The van der Waals surface area contributed by atoms with Gasteiger partial charge < -0.3 is 9.64 Å². The summed E-state index contributed by atoms with van der Waals surface area (Å²) in [7, 11) is 0. The summed E-state index contributed by atoms with van der Waals surface area (Å²) in [6.45, 7) is 3.62. The molecule has 3 atom stereocenters. The molecule has 1 saturated heterocycles. The van der Waals surface area contributed by atoms with Gasteiger partial charge >= 0.3 is 6.09 Å². The molecule has 2 aromatic rings. The van der Waals surface area contributed by atoms with Crippen molar-refractivity contribution in [3.63, 3.8) is 0 Å². The molecule has 2 aromatic carbocycles. The van der Waals surface area contributed by atoms with Gasteiger partial charge in [0.05, 0.1) is 0 Å². The number of carbonyl (C=O) groups is 1. The van der Waals surface area contributed by atoms with Crippen molar-refractivity contribution < 1.29 is 13.9 Å². The molecule has 1 heterocycles. The Balaban J connectivity index is 1.35. The predicted molar refractivity (Wildman–Crippen MR) is 93.7 cm³/mol. The lowest BCUT2D eigenvalue weighted by Crippen LogP contribution is -2.33. The Hall–Kier alpha value is -2.36. The Kier molecular flexibility index (Phi) is 4.20. The number of amides is 1. The largest absolute Gasteiger partial charge is 0.445 e. The first-order valence-corrected chi connectivity index (χ1v) is 8.83. The van der Waals surface area contributed by atoms with E-state index in [2.05, 4.69) is 0 Å². The molecule has 0 aromatic heterocycles. The van der Waals surface area contributed by atoms with Gasteiger partial charge in [0.1, 0.15) is 12.4 Å². The van der Waals surface area contributed by atoms with E-state index in [1.807, 2.05) is 47.4 Å². The second kappa shape index (κ2) is 6.51. The minimum atomic E-state index is -0.229. The van der Waals surface area contributed by atoms with Crippen LogP contribution in [0.5, 0.6) is 0 Å². The zero-order valence-electron chi connectivity index (χ0n) is 14.3. The smallest absolute Gasteiger partial charge is 0.410 e. The van der Waals surface area contributed by atoms with Gasteiger partial charge in [0.2, 0.25) is 0 Å². The topological polar surface area (TPSA) is 29.5 Å². The van der Waals surface area contributed by atoms with Crippen LogP contribution in [-0.4, -0.2) is 24.1 Å². The highest BCUT2D eigenvalue weighted by molar-refractivity contribution is 5.68. The number of carbonyl (C=O) groups excluding carboxylic acids is 1. The normalized spacial score (nSPS) is 24.6. The summed E-state index contributed by atoms with van der Waals surface area (Å²) in [5, 5.41) is 0. The number of ether oxygens (including phenoxy) is 1. The van der Waals surface area contributed by atoms with Crippen LogP contribution in [0, 0.1) is 24.6 Å². The second-order valence-electron chi connectivity index (χ2n) is 7.22. The van der Waals surface area contributed by atoms with Crippen LogP contribution in [0.2, 0.25) is 0 Å². The summed E-state index contributed by atoms with van der Waals surface area (Å²) in [6, 6.07) is 15.1. The predicted octanol–water partition coefficient (Wildman–Crippen LogP) is 4.51. The highest BCUT2D eigenvalue weighted by Crippen LogP contribution is 2.51. The first kappa shape index (κ1) is 16.1. The maximum atomic E-state index is 13.5. The highest BCUT2D eigenvalue weighted by atomic mass is 19.1. The Bertz CT molecular complexity index is 777. The zero-order chi connectivity index (χ0) is 17.4. The van der Waals surface area contributed by atoms with Gasteiger partial charge in [0.25, 0.3) is 0 Å². The average molecular weight is 339 g/mol. The molecule has 25 heavy (non-hydrogen) atoms. The third-order valence-electron chi connectivity index (χ3n) is 5.64. The number of halogens is 1. The molecule has 0 spiro atoms. The van der Waals surface area contributed by atoms with Crippen molar-refractivity contribution in [1.29, 1.82) is 0 Å². The molecule has 4 heteroatoms. The molecule has 1 aliphatic heterocycles. The number of hydrogen-bond donors (Lipinski definition) is 0. The Labute approximate surface area is 147 Å². The van der Waals surface area contributed by atoms with Gasteiger partial charge in [-0.2, -0.15) is 0 Å². The molecule has 2 aliphatic rings. The Morgan fingerprint density at radius 1 is 1.20 bits per heavy atom. The van der Waals surface area contributed by atoms with Crippen molar-refractivity contribution in [2.24, 2.45) is 11.8 Å². The van der Waals surface area contributed by atoms with E-state index in [-0.39, 0.29) is 11.9 Å². The Morgan fingerprint density at radius 3 is 2.76 bits per heavy atom. The number of rotatable bonds is 3. The lowest BCUT2D eigenvalue weighted by molar-refractivity contribution is 0.103. The standard InChI is InChI=1S/C21H22FNO2/c1-14-9-16(7-8-20(14)22)18-10-17-11-23(12-19(17)18)21(24)25-13-15-5-3-2-4-6-15/h2-9,17-19H,10-13H2,1H3/t17-,18-,19+/m1/s1. The molecule has 4 rings (SSSR count). The van der Waals surface area contributed by atoms with Crippen LogP contribution in [0.15, 0.2) is 48.5 Å². The van der Waals surface area contributed by atoms with E-state index in [1.165, 1.54) is 5.56 Å². The fourth-order valence-electron chi connectivity index (χ4n) is 4.15. The van der Waals surface area contributed by atoms with Crippen molar-refractivity contribution in [3.05, 3.63) is 71.0 Å². The molecular formula is C21H22FNO2. The molecule has 1 saturated carbocycles. The van der Waals surface area contributed by atoms with E-state index in [4.69, 9.17) is 4.74 Å². The van der Waals surface area contributed by atoms with Gasteiger partial charge in [0, 0.05) is 13.1 Å². The maximum Gasteiger partial charge on any atom is 0.410 e. The van der Waals surface area contributed by atoms with Gasteiger partial charge in [0.15, 0.2) is 0 Å². The highest BCUT2D eigenvalue weighted by Gasteiger charge is 2.49. The zero-order valence-corrected chi connectivity index (χ0v) is 14.3. The molecule has 0 N–H and O–H groups in total. The van der Waals surface area contributed by atoms with Crippen LogP contribution in [0.25, 0.3) is 0 Å². The van der Waals surface area contributed by atoms with Crippen molar-refractivity contribution in [3.8, 4) is 0 Å². The van der Waals surface area contributed by atoms with Gasteiger partial charge in [-0.1, -0.05) is 42.5 Å². The van der Waals surface area contributed by atoms with Crippen LogP contribution >= 0.6 is 0 Å². The van der Waals surface area contributed by atoms with Gasteiger partial charge in [-0.15, -0.1) is 0 Å². The Morgan fingerprint density at radius 2 is 2.00 bits per heavy atom. The fourth-order valence-corrected chi connectivity index (χ4v) is 4.15. The van der Waals surface area contributed by atoms with Crippen molar-refractivity contribution in [1.82, 2.24) is 4.90 Å². The number of hydrogen-bond acceptors (Lipinski definition) is 2. The lowest BCUT2D eigenvalue weighted by atomic mass is 9.64. The lowest BCUT2D eigenvalue weighted by Gasteiger charge is -2.39. The van der Waals surface area contributed by atoms with E-state index in [0.29, 0.717) is 29.9 Å². The molecule has 1 amide bonds. The van der Waals surface area contributed by atoms with Crippen molar-refractivity contribution in [2.75, 3.05) is 13.1 Å². The minimum Gasteiger partial charge on any atom is -0.445 e. The summed E-state index contributed by atoms with van der Waals surface area (Å²) in [6.07, 6.45) is 0.838. The molecule has 3 nitrogen and oxygen atoms in total. The van der Waals surface area contributed by atoms with Crippen LogP contribution < -0.4 is 0 Å².